The number of thiophene rings is 1. The van der Waals surface area contributed by atoms with Crippen LogP contribution in [0.25, 0.3) is 11.0 Å². The second kappa shape index (κ2) is 5.93. The van der Waals surface area contributed by atoms with Crippen LogP contribution in [0.4, 0.5) is 4.39 Å². The van der Waals surface area contributed by atoms with Gasteiger partial charge >= 0.3 is 0 Å². The maximum atomic E-state index is 13.7. The van der Waals surface area contributed by atoms with Crippen molar-refractivity contribution in [2.24, 2.45) is 0 Å². The van der Waals surface area contributed by atoms with Crippen molar-refractivity contribution in [2.45, 2.75) is 26.8 Å². The highest BCUT2D eigenvalue weighted by atomic mass is 32.1. The lowest BCUT2D eigenvalue weighted by atomic mass is 10.1. The molecule has 3 aromatic rings. The maximum absolute atomic E-state index is 13.7. The van der Waals surface area contributed by atoms with Gasteiger partial charge in [0.1, 0.15) is 0 Å². The summed E-state index contributed by atoms with van der Waals surface area (Å²) in [4.78, 5) is 14.6. The summed E-state index contributed by atoms with van der Waals surface area (Å²) in [6, 6.07) is 8.76. The molecule has 5 heteroatoms. The van der Waals surface area contributed by atoms with E-state index in [-0.39, 0.29) is 17.3 Å². The average molecular weight is 317 g/mol. The number of carbonyl (C=O) groups is 1. The Kier molecular flexibility index (Phi) is 3.98. The van der Waals surface area contributed by atoms with Crippen LogP contribution in [-0.2, 0) is 13.0 Å². The molecule has 3 rings (SSSR count). The molecule has 1 N–H and O–H groups in total. The number of hydrogen-bond donors (Lipinski definition) is 1. The molecule has 2 aromatic heterocycles. The number of aryl methyl sites for hydroxylation is 2. The number of nitrogens with one attached hydrogen (secondary N) is 1. The van der Waals surface area contributed by atoms with E-state index in [1.807, 2.05) is 6.07 Å². The van der Waals surface area contributed by atoms with Gasteiger partial charge in [-0.2, -0.15) is 0 Å². The Labute approximate surface area is 131 Å². The second-order valence-corrected chi connectivity index (χ2v) is 6.33. The maximum Gasteiger partial charge on any atom is 0.287 e. The zero-order valence-electron chi connectivity index (χ0n) is 12.4. The number of carbonyl (C=O) groups excluding carboxylic acids is 1. The summed E-state index contributed by atoms with van der Waals surface area (Å²) in [5.41, 5.74) is 0.793. The molecule has 0 saturated heterocycles. The van der Waals surface area contributed by atoms with Crippen LogP contribution in [0.1, 0.15) is 32.8 Å². The average Bonchev–Trinajstić information content (AvgIpc) is 3.11. The molecular weight excluding hydrogens is 301 g/mol. The molecule has 2 heterocycles. The van der Waals surface area contributed by atoms with Gasteiger partial charge in [0.2, 0.25) is 0 Å². The quantitative estimate of drug-likeness (QED) is 0.773. The fourth-order valence-corrected chi connectivity index (χ4v) is 3.28. The lowest BCUT2D eigenvalue weighted by molar-refractivity contribution is 0.0924. The van der Waals surface area contributed by atoms with E-state index in [1.54, 1.807) is 30.4 Å². The zero-order chi connectivity index (χ0) is 15.7. The van der Waals surface area contributed by atoms with Crippen molar-refractivity contribution in [2.75, 3.05) is 0 Å². The second-order valence-electron chi connectivity index (χ2n) is 5.08. The van der Waals surface area contributed by atoms with Crippen LogP contribution in [0.2, 0.25) is 0 Å². The molecule has 1 amide bonds. The number of amides is 1. The van der Waals surface area contributed by atoms with Crippen LogP contribution >= 0.6 is 11.3 Å². The molecule has 0 radical (unpaired) electrons. The predicted molar refractivity (Wildman–Crippen MR) is 85.8 cm³/mol. The Bertz CT molecular complexity index is 834. The Morgan fingerprint density at radius 2 is 2.05 bits per heavy atom. The number of para-hydroxylation sites is 1. The highest BCUT2D eigenvalue weighted by molar-refractivity contribution is 7.11. The topological polar surface area (TPSA) is 42.2 Å². The minimum Gasteiger partial charge on any atom is -0.448 e. The number of hydrogen-bond acceptors (Lipinski definition) is 3. The molecule has 3 nitrogen and oxygen atoms in total. The van der Waals surface area contributed by atoms with E-state index in [2.05, 4.69) is 18.3 Å². The molecule has 0 aliphatic rings. The summed E-state index contributed by atoms with van der Waals surface area (Å²) >= 11 is 1.68. The molecule has 0 spiro atoms. The first kappa shape index (κ1) is 14.8. The van der Waals surface area contributed by atoms with Gasteiger partial charge < -0.3 is 9.73 Å². The van der Waals surface area contributed by atoms with E-state index in [1.165, 1.54) is 10.9 Å². The smallest absolute Gasteiger partial charge is 0.287 e. The van der Waals surface area contributed by atoms with Crippen molar-refractivity contribution in [3.05, 3.63) is 57.2 Å². The van der Waals surface area contributed by atoms with E-state index in [0.29, 0.717) is 17.5 Å². The fraction of sp³-hybridized carbons (Fsp3) is 0.235. The van der Waals surface area contributed by atoms with Crippen molar-refractivity contribution in [1.29, 1.82) is 0 Å². The van der Waals surface area contributed by atoms with E-state index < -0.39 is 5.82 Å². The molecule has 22 heavy (non-hydrogen) atoms. The van der Waals surface area contributed by atoms with Gasteiger partial charge in [0, 0.05) is 20.7 Å². The Hall–Kier alpha value is -2.14. The SMILES string of the molecule is CCc1ccc(CNC(=O)c2oc3c(F)cccc3c2C)s1. The van der Waals surface area contributed by atoms with E-state index >= 15 is 0 Å². The highest BCUT2D eigenvalue weighted by Gasteiger charge is 2.19. The van der Waals surface area contributed by atoms with Gasteiger partial charge in [0.15, 0.2) is 17.2 Å². The predicted octanol–water partition coefficient (Wildman–Crippen LogP) is 4.43. The first-order valence-corrected chi connectivity index (χ1v) is 7.95. The number of fused-ring (bicyclic) bond motifs is 1. The minimum atomic E-state index is -0.453. The van der Waals surface area contributed by atoms with Crippen LogP contribution in [-0.4, -0.2) is 5.91 Å². The van der Waals surface area contributed by atoms with Gasteiger partial charge in [-0.25, -0.2) is 4.39 Å². The summed E-state index contributed by atoms with van der Waals surface area (Å²) in [6.45, 7) is 4.31. The summed E-state index contributed by atoms with van der Waals surface area (Å²) in [5, 5.41) is 3.46. The van der Waals surface area contributed by atoms with Gasteiger partial charge in [0.05, 0.1) is 6.54 Å². The van der Waals surface area contributed by atoms with Crippen LogP contribution < -0.4 is 5.32 Å². The Morgan fingerprint density at radius 3 is 2.73 bits per heavy atom. The first-order valence-electron chi connectivity index (χ1n) is 7.13. The number of benzene rings is 1. The van der Waals surface area contributed by atoms with Gasteiger partial charge in [-0.05, 0) is 31.5 Å². The number of furan rings is 1. The van der Waals surface area contributed by atoms with Crippen LogP contribution in [0.5, 0.6) is 0 Å². The molecule has 1 aromatic carbocycles. The summed E-state index contributed by atoms with van der Waals surface area (Å²) in [7, 11) is 0. The van der Waals surface area contributed by atoms with E-state index in [0.717, 1.165) is 11.3 Å². The van der Waals surface area contributed by atoms with E-state index in [9.17, 15) is 9.18 Å². The van der Waals surface area contributed by atoms with Gasteiger partial charge in [-0.1, -0.05) is 19.1 Å². The third-order valence-electron chi connectivity index (χ3n) is 3.61. The molecule has 0 atom stereocenters. The monoisotopic (exact) mass is 317 g/mol. The minimum absolute atomic E-state index is 0.134. The molecule has 0 fully saturated rings. The third-order valence-corrected chi connectivity index (χ3v) is 4.84. The first-order chi connectivity index (χ1) is 10.6. The Morgan fingerprint density at radius 1 is 1.27 bits per heavy atom. The van der Waals surface area contributed by atoms with Crippen molar-refractivity contribution in [3.63, 3.8) is 0 Å². The van der Waals surface area contributed by atoms with Crippen LogP contribution in [0.3, 0.4) is 0 Å². The van der Waals surface area contributed by atoms with Crippen molar-refractivity contribution < 1.29 is 13.6 Å². The largest absolute Gasteiger partial charge is 0.448 e. The van der Waals surface area contributed by atoms with Crippen molar-refractivity contribution in [3.8, 4) is 0 Å². The molecule has 0 aliphatic heterocycles. The van der Waals surface area contributed by atoms with Crippen molar-refractivity contribution in [1.82, 2.24) is 5.32 Å². The van der Waals surface area contributed by atoms with E-state index in [4.69, 9.17) is 4.42 Å². The third kappa shape index (κ3) is 2.64. The molecule has 114 valence electrons. The lowest BCUT2D eigenvalue weighted by Crippen LogP contribution is -2.22. The summed E-state index contributed by atoms with van der Waals surface area (Å²) < 4.78 is 19.1. The molecule has 0 bridgehead atoms. The highest BCUT2D eigenvalue weighted by Crippen LogP contribution is 2.27. The van der Waals surface area contributed by atoms with Crippen LogP contribution in [0.15, 0.2) is 34.7 Å². The Balaban J connectivity index is 1.80. The molecule has 0 saturated carbocycles. The van der Waals surface area contributed by atoms with Crippen LogP contribution in [0, 0.1) is 12.7 Å². The fourth-order valence-electron chi connectivity index (χ4n) is 2.38. The van der Waals surface area contributed by atoms with Gasteiger partial charge in [0.25, 0.3) is 5.91 Å². The standard InChI is InChI=1S/C17H16FNO2S/c1-3-11-7-8-12(22-11)9-19-17(20)15-10(2)13-5-4-6-14(18)16(13)21-15/h4-8H,3,9H2,1-2H3,(H,19,20). The van der Waals surface area contributed by atoms with Gasteiger partial charge in [-0.15, -0.1) is 11.3 Å². The molecule has 0 aliphatic carbocycles. The van der Waals surface area contributed by atoms with Crippen molar-refractivity contribution >= 4 is 28.2 Å². The molecule has 0 unspecified atom stereocenters. The summed E-state index contributed by atoms with van der Waals surface area (Å²) in [6.07, 6.45) is 0.987. The summed E-state index contributed by atoms with van der Waals surface area (Å²) in [5.74, 6) is -0.600. The number of halogens is 1. The number of rotatable bonds is 4. The molecular formula is C17H16FNO2S. The lowest BCUT2D eigenvalue weighted by Gasteiger charge is -2.01. The zero-order valence-corrected chi connectivity index (χ0v) is 13.2. The van der Waals surface area contributed by atoms with Gasteiger partial charge in [-0.3, -0.25) is 4.79 Å². The normalized spacial score (nSPS) is 11.0.